The van der Waals surface area contributed by atoms with Crippen LogP contribution in [0, 0.1) is 0 Å². The molecule has 0 aromatic heterocycles. The van der Waals surface area contributed by atoms with Gasteiger partial charge in [0, 0.05) is 19.1 Å². The summed E-state index contributed by atoms with van der Waals surface area (Å²) in [5, 5.41) is 7.72. The van der Waals surface area contributed by atoms with E-state index in [0.717, 1.165) is 0 Å². The Morgan fingerprint density at radius 1 is 1.36 bits per heavy atom. The molecule has 0 saturated heterocycles. The molecule has 0 fully saturated rings. The molecule has 0 heterocycles. The Morgan fingerprint density at radius 3 is 2.27 bits per heavy atom. The first kappa shape index (κ1) is 10.8. The zero-order chi connectivity index (χ0) is 8.91. The van der Waals surface area contributed by atoms with E-state index < -0.39 is 10.2 Å². The van der Waals surface area contributed by atoms with Crippen molar-refractivity contribution < 1.29 is 8.42 Å². The lowest BCUT2D eigenvalue weighted by atomic mass is 10.4. The molecule has 0 aromatic rings. The van der Waals surface area contributed by atoms with E-state index in [0.29, 0.717) is 19.1 Å². The van der Waals surface area contributed by atoms with Gasteiger partial charge in [0.2, 0.25) is 0 Å². The van der Waals surface area contributed by atoms with Crippen LogP contribution in [0.15, 0.2) is 0 Å². The van der Waals surface area contributed by atoms with E-state index in [1.807, 2.05) is 13.8 Å². The van der Waals surface area contributed by atoms with Crippen molar-refractivity contribution in [2.45, 2.75) is 19.9 Å². The van der Waals surface area contributed by atoms with Crippen LogP contribution >= 0.6 is 0 Å². The summed E-state index contributed by atoms with van der Waals surface area (Å²) >= 11 is 0. The van der Waals surface area contributed by atoms with E-state index in [2.05, 4.69) is 15.2 Å². The molecule has 68 valence electrons. The van der Waals surface area contributed by atoms with E-state index in [1.165, 1.54) is 0 Å². The quantitative estimate of drug-likeness (QED) is 0.465. The maximum absolute atomic E-state index is 10.3. The molecule has 0 aromatic carbocycles. The Bertz CT molecular complexity index is 188. The van der Waals surface area contributed by atoms with Crippen molar-refractivity contribution in [2.24, 2.45) is 5.14 Å². The van der Waals surface area contributed by atoms with Crippen LogP contribution in [0.5, 0.6) is 0 Å². The number of nitrogens with two attached hydrogens (primary N) is 1. The van der Waals surface area contributed by atoms with E-state index in [9.17, 15) is 8.42 Å². The van der Waals surface area contributed by atoms with E-state index in [1.54, 1.807) is 0 Å². The third-order valence-corrected chi connectivity index (χ3v) is 1.59. The SMILES string of the molecule is CC(C)NCCNS(N)(=O)=O. The van der Waals surface area contributed by atoms with Gasteiger partial charge in [-0.25, -0.2) is 9.86 Å². The minimum Gasteiger partial charge on any atom is -0.313 e. The summed E-state index contributed by atoms with van der Waals surface area (Å²) in [5.41, 5.74) is 0. The summed E-state index contributed by atoms with van der Waals surface area (Å²) in [5.74, 6) is 0. The number of rotatable bonds is 5. The van der Waals surface area contributed by atoms with Gasteiger partial charge in [0.25, 0.3) is 10.2 Å². The largest absolute Gasteiger partial charge is 0.313 e. The maximum atomic E-state index is 10.3. The summed E-state index contributed by atoms with van der Waals surface area (Å²) in [6.45, 7) is 4.89. The van der Waals surface area contributed by atoms with Gasteiger partial charge in [0.15, 0.2) is 0 Å². The molecule has 0 aliphatic carbocycles. The Balaban J connectivity index is 3.30. The Kier molecular flexibility index (Phi) is 4.58. The minimum absolute atomic E-state index is 0.330. The molecule has 0 bridgehead atoms. The van der Waals surface area contributed by atoms with Crippen molar-refractivity contribution in [3.05, 3.63) is 0 Å². The monoisotopic (exact) mass is 181 g/mol. The summed E-state index contributed by atoms with van der Waals surface area (Å²) in [4.78, 5) is 0. The second kappa shape index (κ2) is 4.66. The molecule has 0 amide bonds. The van der Waals surface area contributed by atoms with Gasteiger partial charge in [-0.2, -0.15) is 8.42 Å². The zero-order valence-electron chi connectivity index (χ0n) is 6.79. The summed E-state index contributed by atoms with van der Waals surface area (Å²) in [6, 6.07) is 0.359. The molecule has 11 heavy (non-hydrogen) atoms. The predicted molar refractivity (Wildman–Crippen MR) is 44.2 cm³/mol. The van der Waals surface area contributed by atoms with Gasteiger partial charge in [-0.1, -0.05) is 13.8 Å². The normalized spacial score (nSPS) is 12.4. The van der Waals surface area contributed by atoms with Crippen molar-refractivity contribution in [2.75, 3.05) is 13.1 Å². The Hall–Kier alpha value is -0.170. The van der Waals surface area contributed by atoms with Crippen LogP contribution < -0.4 is 15.2 Å². The third-order valence-electron chi connectivity index (χ3n) is 0.981. The molecule has 6 heteroatoms. The van der Waals surface area contributed by atoms with Crippen LogP contribution in [0.1, 0.15) is 13.8 Å². The van der Waals surface area contributed by atoms with Crippen LogP contribution in [0.2, 0.25) is 0 Å². The molecular weight excluding hydrogens is 166 g/mol. The molecule has 4 N–H and O–H groups in total. The summed E-state index contributed by atoms with van der Waals surface area (Å²) < 4.78 is 22.8. The van der Waals surface area contributed by atoms with Crippen molar-refractivity contribution >= 4 is 10.2 Å². The first-order valence-corrected chi connectivity index (χ1v) is 4.97. The molecule has 0 radical (unpaired) electrons. The molecular formula is C5H15N3O2S. The van der Waals surface area contributed by atoms with Crippen LogP contribution in [0.25, 0.3) is 0 Å². The number of hydrogen-bond donors (Lipinski definition) is 3. The lowest BCUT2D eigenvalue weighted by Crippen LogP contribution is -2.37. The maximum Gasteiger partial charge on any atom is 0.274 e. The van der Waals surface area contributed by atoms with Crippen molar-refractivity contribution in [1.82, 2.24) is 10.0 Å². The zero-order valence-corrected chi connectivity index (χ0v) is 7.61. The van der Waals surface area contributed by atoms with Crippen LogP contribution in [-0.4, -0.2) is 27.5 Å². The molecule has 0 aliphatic heterocycles. The van der Waals surface area contributed by atoms with Gasteiger partial charge in [-0.3, -0.25) is 0 Å². The fourth-order valence-electron chi connectivity index (χ4n) is 0.554. The summed E-state index contributed by atoms with van der Waals surface area (Å²) in [7, 11) is -3.51. The molecule has 0 aliphatic rings. The van der Waals surface area contributed by atoms with E-state index >= 15 is 0 Å². The van der Waals surface area contributed by atoms with Crippen LogP contribution in [0.4, 0.5) is 0 Å². The highest BCUT2D eigenvalue weighted by Crippen LogP contribution is 1.73. The van der Waals surface area contributed by atoms with Gasteiger partial charge in [-0.05, 0) is 0 Å². The smallest absolute Gasteiger partial charge is 0.274 e. The van der Waals surface area contributed by atoms with Crippen LogP contribution in [0.3, 0.4) is 0 Å². The molecule has 5 nitrogen and oxygen atoms in total. The Morgan fingerprint density at radius 2 is 1.91 bits per heavy atom. The van der Waals surface area contributed by atoms with Gasteiger partial charge >= 0.3 is 0 Å². The van der Waals surface area contributed by atoms with Gasteiger partial charge in [0.05, 0.1) is 0 Å². The Labute approximate surface area is 67.5 Å². The minimum atomic E-state index is -3.51. The second-order valence-electron chi connectivity index (χ2n) is 2.55. The van der Waals surface area contributed by atoms with E-state index in [4.69, 9.17) is 0 Å². The average molecular weight is 181 g/mol. The molecule has 0 rings (SSSR count). The van der Waals surface area contributed by atoms with Crippen molar-refractivity contribution in [3.63, 3.8) is 0 Å². The highest BCUT2D eigenvalue weighted by molar-refractivity contribution is 7.87. The molecule has 0 saturated carbocycles. The fourth-order valence-corrected chi connectivity index (χ4v) is 0.941. The lowest BCUT2D eigenvalue weighted by molar-refractivity contribution is 0.560. The first-order valence-electron chi connectivity index (χ1n) is 3.42. The van der Waals surface area contributed by atoms with Crippen molar-refractivity contribution in [3.8, 4) is 0 Å². The second-order valence-corrected chi connectivity index (χ2v) is 3.93. The number of hydrogen-bond acceptors (Lipinski definition) is 3. The van der Waals surface area contributed by atoms with Gasteiger partial charge in [0.1, 0.15) is 0 Å². The third kappa shape index (κ3) is 9.83. The van der Waals surface area contributed by atoms with Gasteiger partial charge < -0.3 is 5.32 Å². The predicted octanol–water partition coefficient (Wildman–Crippen LogP) is -1.22. The molecule has 0 unspecified atom stereocenters. The lowest BCUT2D eigenvalue weighted by Gasteiger charge is -2.07. The standard InChI is InChI=1S/C5H15N3O2S/c1-5(2)7-3-4-8-11(6,9)10/h5,7-8H,3-4H2,1-2H3,(H2,6,9,10). The number of nitrogens with one attached hydrogen (secondary N) is 2. The fraction of sp³-hybridized carbons (Fsp3) is 1.00. The molecule has 0 spiro atoms. The van der Waals surface area contributed by atoms with Gasteiger partial charge in [-0.15, -0.1) is 0 Å². The highest BCUT2D eigenvalue weighted by atomic mass is 32.2. The van der Waals surface area contributed by atoms with E-state index in [-0.39, 0.29) is 0 Å². The first-order chi connectivity index (χ1) is 4.92. The highest BCUT2D eigenvalue weighted by Gasteiger charge is 1.98. The molecule has 0 atom stereocenters. The summed E-state index contributed by atoms with van der Waals surface area (Å²) in [6.07, 6.45) is 0. The average Bonchev–Trinajstić information content (AvgIpc) is 1.78. The topological polar surface area (TPSA) is 84.2 Å². The van der Waals surface area contributed by atoms with Crippen molar-refractivity contribution in [1.29, 1.82) is 0 Å². The van der Waals surface area contributed by atoms with Crippen LogP contribution in [-0.2, 0) is 10.2 Å².